The van der Waals surface area contributed by atoms with Gasteiger partial charge in [0.15, 0.2) is 0 Å². The minimum atomic E-state index is -0.783. The summed E-state index contributed by atoms with van der Waals surface area (Å²) in [6.45, 7) is 6.40. The van der Waals surface area contributed by atoms with Gasteiger partial charge < -0.3 is 11.5 Å². The van der Waals surface area contributed by atoms with Crippen LogP contribution in [0.4, 0.5) is 0 Å². The number of benzene rings is 1. The molecule has 0 saturated carbocycles. The Hall–Kier alpha value is -1.38. The maximum absolute atomic E-state index is 6.16. The number of aryl methyl sites for hydroxylation is 1. The summed E-state index contributed by atoms with van der Waals surface area (Å²) >= 11 is 0. The van der Waals surface area contributed by atoms with Crippen LogP contribution in [0.2, 0.25) is 0 Å². The molecule has 2 nitrogen and oxygen atoms in total. The van der Waals surface area contributed by atoms with Gasteiger partial charge in [0.2, 0.25) is 0 Å². The first-order valence-electron chi connectivity index (χ1n) is 7.45. The van der Waals surface area contributed by atoms with Crippen LogP contribution in [0.15, 0.2) is 42.5 Å². The lowest BCUT2D eigenvalue weighted by molar-refractivity contribution is 0.290. The third-order valence-corrected chi connectivity index (χ3v) is 4.30. The van der Waals surface area contributed by atoms with Gasteiger partial charge in [-0.05, 0) is 35.6 Å². The zero-order chi connectivity index (χ0) is 14.8. The van der Waals surface area contributed by atoms with Crippen LogP contribution in [0.25, 0.3) is 5.57 Å². The SMILES string of the molecule is C.CCCCc1ccccc1C1=CC(C)(C)C(N)(N)C=C1. The highest BCUT2D eigenvalue weighted by Crippen LogP contribution is 2.37. The Bertz CT molecular complexity index is 536. The summed E-state index contributed by atoms with van der Waals surface area (Å²) in [4.78, 5) is 0. The fourth-order valence-electron chi connectivity index (χ4n) is 2.56. The van der Waals surface area contributed by atoms with Crippen molar-refractivity contribution in [2.45, 2.75) is 53.1 Å². The van der Waals surface area contributed by atoms with Crippen molar-refractivity contribution in [1.82, 2.24) is 0 Å². The Balaban J connectivity index is 0.00000220. The van der Waals surface area contributed by atoms with Crippen LogP contribution >= 0.6 is 0 Å². The highest BCUT2D eigenvalue weighted by atomic mass is 15.0. The third kappa shape index (κ3) is 3.63. The number of rotatable bonds is 4. The van der Waals surface area contributed by atoms with E-state index in [0.717, 1.165) is 6.42 Å². The van der Waals surface area contributed by atoms with E-state index in [1.165, 1.54) is 29.5 Å². The summed E-state index contributed by atoms with van der Waals surface area (Å²) < 4.78 is 0. The van der Waals surface area contributed by atoms with E-state index < -0.39 is 5.66 Å². The second kappa shape index (κ2) is 6.59. The van der Waals surface area contributed by atoms with Crippen molar-refractivity contribution in [2.24, 2.45) is 16.9 Å². The number of allylic oxidation sites excluding steroid dienone is 2. The molecule has 4 N–H and O–H groups in total. The fraction of sp³-hybridized carbons (Fsp3) is 0.474. The Kier molecular flexibility index (Phi) is 5.54. The maximum Gasteiger partial charge on any atom is 0.0919 e. The molecule has 1 aromatic carbocycles. The molecule has 1 aromatic rings. The minimum Gasteiger partial charge on any atom is -0.309 e. The number of hydrogen-bond acceptors (Lipinski definition) is 2. The molecule has 1 aliphatic carbocycles. The topological polar surface area (TPSA) is 52.0 Å². The van der Waals surface area contributed by atoms with E-state index in [1.807, 2.05) is 6.08 Å². The average Bonchev–Trinajstić information content (AvgIpc) is 2.40. The molecule has 1 aliphatic rings. The number of nitrogens with two attached hydrogens (primary N) is 2. The van der Waals surface area contributed by atoms with Crippen molar-refractivity contribution >= 4 is 5.57 Å². The van der Waals surface area contributed by atoms with Gasteiger partial charge in [0.05, 0.1) is 5.66 Å². The van der Waals surface area contributed by atoms with E-state index in [0.29, 0.717) is 0 Å². The summed E-state index contributed by atoms with van der Waals surface area (Å²) in [5.41, 5.74) is 15.2. The molecule has 2 rings (SSSR count). The molecule has 0 fully saturated rings. The summed E-state index contributed by atoms with van der Waals surface area (Å²) in [6.07, 6.45) is 9.75. The van der Waals surface area contributed by atoms with E-state index in [9.17, 15) is 0 Å². The Morgan fingerprint density at radius 3 is 2.38 bits per heavy atom. The van der Waals surface area contributed by atoms with Crippen LogP contribution in [0, 0.1) is 5.41 Å². The highest BCUT2D eigenvalue weighted by Gasteiger charge is 2.37. The lowest BCUT2D eigenvalue weighted by Gasteiger charge is -2.39. The van der Waals surface area contributed by atoms with Crippen LogP contribution in [0.1, 0.15) is 52.2 Å². The predicted octanol–water partition coefficient (Wildman–Crippen LogP) is 4.26. The first-order valence-corrected chi connectivity index (χ1v) is 7.45. The average molecular weight is 286 g/mol. The van der Waals surface area contributed by atoms with Crippen molar-refractivity contribution in [2.75, 3.05) is 0 Å². The molecule has 0 aliphatic heterocycles. The molecular formula is C19H30N2. The fourth-order valence-corrected chi connectivity index (χ4v) is 2.56. The van der Waals surface area contributed by atoms with Gasteiger partial charge in [-0.15, -0.1) is 0 Å². The summed E-state index contributed by atoms with van der Waals surface area (Å²) in [5.74, 6) is 0. The van der Waals surface area contributed by atoms with Crippen molar-refractivity contribution in [3.8, 4) is 0 Å². The second-order valence-corrected chi connectivity index (χ2v) is 6.35. The van der Waals surface area contributed by atoms with Crippen LogP contribution in [-0.4, -0.2) is 5.66 Å². The Morgan fingerprint density at radius 2 is 1.76 bits per heavy atom. The zero-order valence-corrected chi connectivity index (χ0v) is 12.8. The van der Waals surface area contributed by atoms with Crippen molar-refractivity contribution < 1.29 is 0 Å². The van der Waals surface area contributed by atoms with E-state index >= 15 is 0 Å². The van der Waals surface area contributed by atoms with Crippen molar-refractivity contribution in [1.29, 1.82) is 0 Å². The van der Waals surface area contributed by atoms with Gasteiger partial charge >= 0.3 is 0 Å². The largest absolute Gasteiger partial charge is 0.309 e. The molecule has 0 heterocycles. The molecule has 0 spiro atoms. The Morgan fingerprint density at radius 1 is 1.10 bits per heavy atom. The first-order chi connectivity index (χ1) is 9.37. The van der Waals surface area contributed by atoms with Crippen LogP contribution in [-0.2, 0) is 6.42 Å². The van der Waals surface area contributed by atoms with Gasteiger partial charge in [-0.25, -0.2) is 0 Å². The molecule has 2 heteroatoms. The van der Waals surface area contributed by atoms with E-state index in [4.69, 9.17) is 11.5 Å². The first kappa shape index (κ1) is 17.7. The minimum absolute atomic E-state index is 0. The lowest BCUT2D eigenvalue weighted by Crippen LogP contribution is -2.58. The molecule has 0 atom stereocenters. The number of unbranched alkanes of at least 4 members (excludes halogenated alkanes) is 1. The zero-order valence-electron chi connectivity index (χ0n) is 12.8. The maximum atomic E-state index is 6.16. The molecule has 0 bridgehead atoms. The predicted molar refractivity (Wildman–Crippen MR) is 93.8 cm³/mol. The molecule has 21 heavy (non-hydrogen) atoms. The van der Waals surface area contributed by atoms with Crippen LogP contribution < -0.4 is 11.5 Å². The van der Waals surface area contributed by atoms with Crippen LogP contribution in [0.3, 0.4) is 0 Å². The van der Waals surface area contributed by atoms with Gasteiger partial charge in [-0.3, -0.25) is 0 Å². The molecule has 0 radical (unpaired) electrons. The number of hydrogen-bond donors (Lipinski definition) is 2. The lowest BCUT2D eigenvalue weighted by atomic mass is 9.73. The third-order valence-electron chi connectivity index (χ3n) is 4.30. The van der Waals surface area contributed by atoms with E-state index in [-0.39, 0.29) is 12.8 Å². The second-order valence-electron chi connectivity index (χ2n) is 6.35. The van der Waals surface area contributed by atoms with Crippen LogP contribution in [0.5, 0.6) is 0 Å². The van der Waals surface area contributed by atoms with E-state index in [1.54, 1.807) is 0 Å². The molecule has 0 saturated heterocycles. The molecular weight excluding hydrogens is 256 g/mol. The highest BCUT2D eigenvalue weighted by molar-refractivity contribution is 5.78. The van der Waals surface area contributed by atoms with Crippen molar-refractivity contribution in [3.05, 3.63) is 53.6 Å². The van der Waals surface area contributed by atoms with Gasteiger partial charge in [0.25, 0.3) is 0 Å². The molecule has 0 unspecified atom stereocenters. The summed E-state index contributed by atoms with van der Waals surface area (Å²) in [7, 11) is 0. The molecule has 0 amide bonds. The van der Waals surface area contributed by atoms with Gasteiger partial charge in [-0.2, -0.15) is 0 Å². The monoisotopic (exact) mass is 286 g/mol. The summed E-state index contributed by atoms with van der Waals surface area (Å²) in [5, 5.41) is 0. The quantitative estimate of drug-likeness (QED) is 0.813. The van der Waals surface area contributed by atoms with Crippen molar-refractivity contribution in [3.63, 3.8) is 0 Å². The van der Waals surface area contributed by atoms with Gasteiger partial charge in [-0.1, -0.05) is 71.0 Å². The molecule has 116 valence electrons. The Labute approximate surface area is 129 Å². The smallest absolute Gasteiger partial charge is 0.0919 e. The van der Waals surface area contributed by atoms with Gasteiger partial charge in [0.1, 0.15) is 0 Å². The van der Waals surface area contributed by atoms with E-state index in [2.05, 4.69) is 57.2 Å². The standard InChI is InChI=1S/C18H26N2.CH4/c1-4-5-8-14-9-6-7-10-16(14)15-11-12-18(19,20)17(2,3)13-15;/h6-7,9-13H,4-5,8,19-20H2,1-3H3;1H4. The molecule has 0 aromatic heterocycles. The van der Waals surface area contributed by atoms with Gasteiger partial charge in [0, 0.05) is 5.41 Å². The summed E-state index contributed by atoms with van der Waals surface area (Å²) in [6, 6.07) is 8.62. The normalized spacial score (nSPS) is 18.8.